The molecule has 0 nitrogen and oxygen atoms in total. The van der Waals surface area contributed by atoms with E-state index in [0.29, 0.717) is 11.3 Å². The Morgan fingerprint density at radius 3 is 2.79 bits per heavy atom. The second-order valence-electron chi connectivity index (χ2n) is 7.35. The largest absolute Gasteiger partial charge is 0.0850 e. The van der Waals surface area contributed by atoms with E-state index in [4.69, 9.17) is 0 Å². The lowest BCUT2D eigenvalue weighted by molar-refractivity contribution is 0.168. The van der Waals surface area contributed by atoms with Crippen molar-refractivity contribution in [3.8, 4) is 0 Å². The molecule has 1 saturated carbocycles. The number of fused-ring (bicyclic) bond motifs is 4. The molecule has 0 amide bonds. The molecule has 0 saturated heterocycles. The average Bonchev–Trinajstić information content (AvgIpc) is 2.98. The summed E-state index contributed by atoms with van der Waals surface area (Å²) in [6, 6.07) is 7.02. The predicted octanol–water partition coefficient (Wildman–Crippen LogP) is 5.03. The van der Waals surface area contributed by atoms with Gasteiger partial charge in [0.1, 0.15) is 0 Å². The molecule has 0 radical (unpaired) electrons. The van der Waals surface area contributed by atoms with Gasteiger partial charge in [-0.05, 0) is 72.5 Å². The number of aryl methyl sites for hydroxylation is 1. The van der Waals surface area contributed by atoms with Crippen molar-refractivity contribution in [3.63, 3.8) is 0 Å². The van der Waals surface area contributed by atoms with Gasteiger partial charge in [-0.2, -0.15) is 0 Å². The first-order chi connectivity index (χ1) is 9.18. The quantitative estimate of drug-likeness (QED) is 0.615. The first kappa shape index (κ1) is 11.8. The Kier molecular flexibility index (Phi) is 2.46. The third kappa shape index (κ3) is 1.65. The van der Waals surface area contributed by atoms with Crippen LogP contribution in [-0.4, -0.2) is 0 Å². The van der Waals surface area contributed by atoms with Crippen LogP contribution in [0.4, 0.5) is 0 Å². The predicted molar refractivity (Wildman–Crippen MR) is 80.4 cm³/mol. The van der Waals surface area contributed by atoms with Gasteiger partial charge in [-0.1, -0.05) is 43.7 Å². The summed E-state index contributed by atoms with van der Waals surface area (Å²) in [4.78, 5) is 0. The van der Waals surface area contributed by atoms with Crippen LogP contribution in [0.2, 0.25) is 0 Å². The first-order valence-corrected chi connectivity index (χ1v) is 7.96. The maximum atomic E-state index is 2.53. The van der Waals surface area contributed by atoms with Crippen molar-refractivity contribution in [3.05, 3.63) is 46.5 Å². The second-order valence-corrected chi connectivity index (χ2v) is 7.35. The molecule has 0 aromatic heterocycles. The second kappa shape index (κ2) is 3.98. The molecule has 2 unspecified atom stereocenters. The summed E-state index contributed by atoms with van der Waals surface area (Å²) in [5.41, 5.74) is 7.40. The summed E-state index contributed by atoms with van der Waals surface area (Å²) in [6.45, 7) is 4.69. The number of allylic oxidation sites excluding steroid dienone is 2. The summed E-state index contributed by atoms with van der Waals surface area (Å²) in [5.74, 6) is 1.64. The van der Waals surface area contributed by atoms with E-state index < -0.39 is 0 Å². The highest BCUT2D eigenvalue weighted by Crippen LogP contribution is 2.58. The molecule has 1 aromatic rings. The topological polar surface area (TPSA) is 0 Å². The maximum absolute atomic E-state index is 2.53. The van der Waals surface area contributed by atoms with Gasteiger partial charge in [-0.15, -0.1) is 0 Å². The molecular formula is C19H24. The SMILES string of the molecule is CC(C)c1cccc2c1CC1(CC2)CC2=CCC1C2. The van der Waals surface area contributed by atoms with Crippen molar-refractivity contribution in [1.29, 1.82) is 0 Å². The minimum Gasteiger partial charge on any atom is -0.0850 e. The van der Waals surface area contributed by atoms with Gasteiger partial charge in [0.15, 0.2) is 0 Å². The van der Waals surface area contributed by atoms with Gasteiger partial charge in [-0.25, -0.2) is 0 Å². The third-order valence-corrected chi connectivity index (χ3v) is 6.00. The minimum absolute atomic E-state index is 0.641. The Hall–Kier alpha value is -1.04. The molecule has 2 bridgehead atoms. The number of rotatable bonds is 1. The monoisotopic (exact) mass is 252 g/mol. The summed E-state index contributed by atoms with van der Waals surface area (Å²) >= 11 is 0. The molecule has 19 heavy (non-hydrogen) atoms. The molecule has 0 N–H and O–H groups in total. The van der Waals surface area contributed by atoms with Crippen molar-refractivity contribution < 1.29 is 0 Å². The van der Waals surface area contributed by atoms with Gasteiger partial charge in [0, 0.05) is 0 Å². The van der Waals surface area contributed by atoms with Crippen LogP contribution in [0.15, 0.2) is 29.8 Å². The van der Waals surface area contributed by atoms with Crippen LogP contribution >= 0.6 is 0 Å². The van der Waals surface area contributed by atoms with Crippen LogP contribution in [0.3, 0.4) is 0 Å². The maximum Gasteiger partial charge on any atom is -0.0182 e. The van der Waals surface area contributed by atoms with E-state index in [9.17, 15) is 0 Å². The fraction of sp³-hybridized carbons (Fsp3) is 0.579. The van der Waals surface area contributed by atoms with Crippen molar-refractivity contribution in [2.45, 2.75) is 58.3 Å². The van der Waals surface area contributed by atoms with E-state index >= 15 is 0 Å². The first-order valence-electron chi connectivity index (χ1n) is 7.96. The summed E-state index contributed by atoms with van der Waals surface area (Å²) in [7, 11) is 0. The molecule has 1 aromatic carbocycles. The molecule has 1 fully saturated rings. The van der Waals surface area contributed by atoms with Crippen molar-refractivity contribution in [2.75, 3.05) is 0 Å². The standard InChI is InChI=1S/C19H24/c1-13(2)17-5-3-4-15-8-9-19(12-18(15)17)11-14-6-7-16(19)10-14/h3-6,13,16H,7-12H2,1-2H3. The Balaban J connectivity index is 1.76. The molecule has 2 atom stereocenters. The van der Waals surface area contributed by atoms with Crippen LogP contribution in [-0.2, 0) is 12.8 Å². The number of hydrogen-bond donors (Lipinski definition) is 0. The zero-order chi connectivity index (χ0) is 13.0. The Bertz CT molecular complexity index is 549. The van der Waals surface area contributed by atoms with E-state index in [2.05, 4.69) is 38.1 Å². The number of benzene rings is 1. The van der Waals surface area contributed by atoms with E-state index in [1.165, 1.54) is 38.5 Å². The molecule has 3 aliphatic carbocycles. The summed E-state index contributed by atoms with van der Waals surface area (Å²) < 4.78 is 0. The normalized spacial score (nSPS) is 31.9. The molecule has 0 heterocycles. The summed E-state index contributed by atoms with van der Waals surface area (Å²) in [5, 5.41) is 0. The zero-order valence-corrected chi connectivity index (χ0v) is 12.2. The molecule has 0 heteroatoms. The highest BCUT2D eigenvalue weighted by atomic mass is 14.5. The van der Waals surface area contributed by atoms with Crippen molar-refractivity contribution >= 4 is 0 Å². The van der Waals surface area contributed by atoms with E-state index in [1.807, 2.05) is 0 Å². The zero-order valence-electron chi connectivity index (χ0n) is 12.2. The number of hydrogen-bond acceptors (Lipinski definition) is 0. The lowest BCUT2D eigenvalue weighted by Crippen LogP contribution is -2.33. The van der Waals surface area contributed by atoms with Crippen LogP contribution < -0.4 is 0 Å². The van der Waals surface area contributed by atoms with Gasteiger partial charge in [-0.3, -0.25) is 0 Å². The van der Waals surface area contributed by atoms with Crippen molar-refractivity contribution in [2.24, 2.45) is 11.3 Å². The Labute approximate surface area is 116 Å². The van der Waals surface area contributed by atoms with E-state index in [-0.39, 0.29) is 0 Å². The van der Waals surface area contributed by atoms with E-state index in [1.54, 1.807) is 22.3 Å². The van der Waals surface area contributed by atoms with Crippen LogP contribution in [0.5, 0.6) is 0 Å². The van der Waals surface area contributed by atoms with Gasteiger partial charge in [0.2, 0.25) is 0 Å². The lowest BCUT2D eigenvalue weighted by Gasteiger charge is -2.41. The third-order valence-electron chi connectivity index (χ3n) is 6.00. The van der Waals surface area contributed by atoms with Gasteiger partial charge < -0.3 is 0 Å². The van der Waals surface area contributed by atoms with E-state index in [0.717, 1.165) is 5.92 Å². The highest BCUT2D eigenvalue weighted by Gasteiger charge is 2.48. The fourth-order valence-electron chi connectivity index (χ4n) is 4.97. The van der Waals surface area contributed by atoms with Gasteiger partial charge >= 0.3 is 0 Å². The van der Waals surface area contributed by atoms with Crippen LogP contribution in [0.25, 0.3) is 0 Å². The fourth-order valence-corrected chi connectivity index (χ4v) is 4.97. The Morgan fingerprint density at radius 1 is 1.21 bits per heavy atom. The molecule has 3 aliphatic rings. The van der Waals surface area contributed by atoms with Gasteiger partial charge in [0.25, 0.3) is 0 Å². The van der Waals surface area contributed by atoms with Crippen molar-refractivity contribution in [1.82, 2.24) is 0 Å². The Morgan fingerprint density at radius 2 is 2.11 bits per heavy atom. The minimum atomic E-state index is 0.641. The highest BCUT2D eigenvalue weighted by molar-refractivity contribution is 5.41. The molecule has 0 aliphatic heterocycles. The molecular weight excluding hydrogens is 228 g/mol. The van der Waals surface area contributed by atoms with Crippen LogP contribution in [0.1, 0.15) is 62.1 Å². The molecule has 4 rings (SSSR count). The van der Waals surface area contributed by atoms with Gasteiger partial charge in [0.05, 0.1) is 0 Å². The summed E-state index contributed by atoms with van der Waals surface area (Å²) in [6.07, 6.45) is 10.8. The average molecular weight is 252 g/mol. The lowest BCUT2D eigenvalue weighted by atomic mass is 9.63. The van der Waals surface area contributed by atoms with Crippen LogP contribution in [0, 0.1) is 11.3 Å². The molecule has 1 spiro atoms. The smallest absolute Gasteiger partial charge is 0.0182 e. The molecule has 100 valence electrons.